The van der Waals surface area contributed by atoms with Crippen LogP contribution in [0.1, 0.15) is 19.3 Å². The van der Waals surface area contributed by atoms with Crippen LogP contribution in [0.4, 0.5) is 5.69 Å². The third-order valence-corrected chi connectivity index (χ3v) is 6.07. The van der Waals surface area contributed by atoms with Crippen molar-refractivity contribution in [3.8, 4) is 0 Å². The van der Waals surface area contributed by atoms with Crippen molar-refractivity contribution in [3.63, 3.8) is 0 Å². The second-order valence-corrected chi connectivity index (χ2v) is 7.69. The first-order valence-corrected chi connectivity index (χ1v) is 9.17. The summed E-state index contributed by atoms with van der Waals surface area (Å²) in [6.45, 7) is 3.54. The van der Waals surface area contributed by atoms with Crippen molar-refractivity contribution in [2.45, 2.75) is 35.4 Å². The van der Waals surface area contributed by atoms with Crippen LogP contribution < -0.4 is 5.32 Å². The molecule has 0 spiro atoms. The summed E-state index contributed by atoms with van der Waals surface area (Å²) in [6.07, 6.45) is 2.91. The van der Waals surface area contributed by atoms with Gasteiger partial charge in [0.2, 0.25) is 11.8 Å². The van der Waals surface area contributed by atoms with Crippen molar-refractivity contribution in [2.75, 3.05) is 31.5 Å². The predicted octanol–water partition coefficient (Wildman–Crippen LogP) is 1.80. The fourth-order valence-electron chi connectivity index (χ4n) is 3.29. The predicted molar refractivity (Wildman–Crippen MR) is 90.5 cm³/mol. The molecule has 23 heavy (non-hydrogen) atoms. The number of nitrogens with zero attached hydrogens (tertiary/aromatic N) is 2. The molecule has 2 amide bonds. The first-order chi connectivity index (χ1) is 11.2. The zero-order valence-corrected chi connectivity index (χ0v) is 13.8. The molecule has 1 aromatic carbocycles. The van der Waals surface area contributed by atoms with Crippen LogP contribution in [0.25, 0.3) is 0 Å². The number of amides is 2. The van der Waals surface area contributed by atoms with Crippen molar-refractivity contribution in [3.05, 3.63) is 24.3 Å². The van der Waals surface area contributed by atoms with Crippen LogP contribution in [0.5, 0.6) is 0 Å². The molecule has 1 saturated carbocycles. The zero-order chi connectivity index (χ0) is 15.8. The molecule has 0 radical (unpaired) electrons. The lowest BCUT2D eigenvalue weighted by Crippen LogP contribution is -2.50. The number of para-hydroxylation sites is 1. The minimum atomic E-state index is -0.320. The van der Waals surface area contributed by atoms with Crippen LogP contribution in [-0.2, 0) is 9.59 Å². The quantitative estimate of drug-likeness (QED) is 0.918. The first-order valence-electron chi connectivity index (χ1n) is 8.29. The van der Waals surface area contributed by atoms with E-state index in [1.165, 1.54) is 24.6 Å². The van der Waals surface area contributed by atoms with Gasteiger partial charge in [-0.05, 0) is 25.0 Å². The van der Waals surface area contributed by atoms with E-state index in [2.05, 4.69) is 10.2 Å². The van der Waals surface area contributed by atoms with E-state index < -0.39 is 0 Å². The minimum absolute atomic E-state index is 0.0568. The van der Waals surface area contributed by atoms with E-state index in [9.17, 15) is 9.59 Å². The number of rotatable bonds is 3. The summed E-state index contributed by atoms with van der Waals surface area (Å²) in [5.41, 5.74) is 0.851. The number of nitrogens with one attached hydrogen (secondary N) is 1. The Morgan fingerprint density at radius 3 is 2.65 bits per heavy atom. The maximum Gasteiger partial charge on any atom is 0.238 e. The zero-order valence-electron chi connectivity index (χ0n) is 13.0. The molecule has 1 atom stereocenters. The van der Waals surface area contributed by atoms with Gasteiger partial charge in [0, 0.05) is 43.5 Å². The van der Waals surface area contributed by atoms with Gasteiger partial charge in [-0.25, -0.2) is 0 Å². The molecule has 1 N–H and O–H groups in total. The molecule has 5 nitrogen and oxygen atoms in total. The van der Waals surface area contributed by atoms with E-state index >= 15 is 0 Å². The number of piperazine rings is 1. The molecular formula is C17H21N3O2S. The lowest BCUT2D eigenvalue weighted by molar-refractivity contribution is -0.134. The number of hydrogen-bond acceptors (Lipinski definition) is 4. The van der Waals surface area contributed by atoms with Crippen LogP contribution >= 0.6 is 11.8 Å². The van der Waals surface area contributed by atoms with Gasteiger partial charge in [0.15, 0.2) is 0 Å². The average molecular weight is 331 g/mol. The van der Waals surface area contributed by atoms with Gasteiger partial charge >= 0.3 is 0 Å². The smallest absolute Gasteiger partial charge is 0.238 e. The van der Waals surface area contributed by atoms with E-state index in [0.717, 1.165) is 42.8 Å². The Labute approximate surface area is 140 Å². The van der Waals surface area contributed by atoms with Crippen LogP contribution in [0.2, 0.25) is 0 Å². The van der Waals surface area contributed by atoms with Crippen LogP contribution in [0.3, 0.4) is 0 Å². The van der Waals surface area contributed by atoms with Gasteiger partial charge in [-0.2, -0.15) is 0 Å². The Morgan fingerprint density at radius 2 is 1.91 bits per heavy atom. The second-order valence-electron chi connectivity index (χ2n) is 6.44. The Kier molecular flexibility index (Phi) is 4.03. The first kappa shape index (κ1) is 15.0. The number of thioether (sulfide) groups is 1. The number of carbonyl (C=O) groups is 2. The monoisotopic (exact) mass is 331 g/mol. The summed E-state index contributed by atoms with van der Waals surface area (Å²) in [4.78, 5) is 30.2. The van der Waals surface area contributed by atoms with Crippen LogP contribution in [0.15, 0.2) is 29.2 Å². The van der Waals surface area contributed by atoms with Gasteiger partial charge in [-0.15, -0.1) is 11.8 Å². The molecule has 2 aliphatic heterocycles. The lowest BCUT2D eigenvalue weighted by atomic mass is 10.2. The van der Waals surface area contributed by atoms with Crippen molar-refractivity contribution in [2.24, 2.45) is 0 Å². The van der Waals surface area contributed by atoms with E-state index in [1.54, 1.807) is 0 Å². The Hall–Kier alpha value is -1.53. The van der Waals surface area contributed by atoms with Gasteiger partial charge in [0.1, 0.15) is 0 Å². The van der Waals surface area contributed by atoms with E-state index in [0.29, 0.717) is 0 Å². The SMILES string of the molecule is O=C1Nc2ccccc2S[C@@H]1CC(=O)N1CCN(C2CC2)CC1. The molecule has 2 heterocycles. The van der Waals surface area contributed by atoms with E-state index in [4.69, 9.17) is 0 Å². The van der Waals surface area contributed by atoms with Gasteiger partial charge in [-0.1, -0.05) is 12.1 Å². The summed E-state index contributed by atoms with van der Waals surface area (Å²) < 4.78 is 0. The molecular weight excluding hydrogens is 310 g/mol. The van der Waals surface area contributed by atoms with Crippen molar-refractivity contribution < 1.29 is 9.59 Å². The van der Waals surface area contributed by atoms with Crippen molar-refractivity contribution >= 4 is 29.3 Å². The Morgan fingerprint density at radius 1 is 1.17 bits per heavy atom. The maximum atomic E-state index is 12.5. The highest BCUT2D eigenvalue weighted by atomic mass is 32.2. The van der Waals surface area contributed by atoms with Gasteiger partial charge in [0.05, 0.1) is 10.9 Å². The standard InChI is InChI=1S/C17H21N3O2S/c21-16(20-9-7-19(8-10-20)12-5-6-12)11-15-17(22)18-13-3-1-2-4-14(13)23-15/h1-4,12,15H,5-11H2,(H,18,22)/t15-/m1/s1. The molecule has 6 heteroatoms. The molecule has 4 rings (SSSR count). The maximum absolute atomic E-state index is 12.5. The highest BCUT2D eigenvalue weighted by molar-refractivity contribution is 8.01. The summed E-state index contributed by atoms with van der Waals surface area (Å²) in [6, 6.07) is 8.52. The third kappa shape index (κ3) is 3.23. The largest absolute Gasteiger partial charge is 0.340 e. The molecule has 1 saturated heterocycles. The average Bonchev–Trinajstić information content (AvgIpc) is 3.40. The summed E-state index contributed by atoms with van der Waals surface area (Å²) in [5.74, 6) is 0.0474. The molecule has 0 unspecified atom stereocenters. The van der Waals surface area contributed by atoms with Gasteiger partial charge < -0.3 is 10.2 Å². The van der Waals surface area contributed by atoms with E-state index in [1.807, 2.05) is 29.2 Å². The van der Waals surface area contributed by atoms with Gasteiger partial charge in [-0.3, -0.25) is 14.5 Å². The van der Waals surface area contributed by atoms with E-state index in [-0.39, 0.29) is 23.5 Å². The third-order valence-electron chi connectivity index (χ3n) is 4.80. The molecule has 1 aromatic rings. The number of hydrogen-bond donors (Lipinski definition) is 1. The normalized spacial score (nSPS) is 25.0. The fraction of sp³-hybridized carbons (Fsp3) is 0.529. The number of fused-ring (bicyclic) bond motifs is 1. The lowest BCUT2D eigenvalue weighted by Gasteiger charge is -2.35. The fourth-order valence-corrected chi connectivity index (χ4v) is 4.39. The Balaban J connectivity index is 1.34. The summed E-state index contributed by atoms with van der Waals surface area (Å²) in [7, 11) is 0. The highest BCUT2D eigenvalue weighted by Crippen LogP contribution is 2.37. The number of carbonyl (C=O) groups excluding carboxylic acids is 2. The van der Waals surface area contributed by atoms with Crippen LogP contribution in [0, 0.1) is 0 Å². The number of anilines is 1. The topological polar surface area (TPSA) is 52.7 Å². The molecule has 0 aromatic heterocycles. The summed E-state index contributed by atoms with van der Waals surface area (Å²) in [5, 5.41) is 2.59. The molecule has 3 aliphatic rings. The Bertz CT molecular complexity index is 624. The molecule has 1 aliphatic carbocycles. The molecule has 0 bridgehead atoms. The van der Waals surface area contributed by atoms with Gasteiger partial charge in [0.25, 0.3) is 0 Å². The molecule has 122 valence electrons. The van der Waals surface area contributed by atoms with Crippen LogP contribution in [-0.4, -0.2) is 59.1 Å². The molecule has 2 fully saturated rings. The minimum Gasteiger partial charge on any atom is -0.340 e. The number of benzene rings is 1. The highest BCUT2D eigenvalue weighted by Gasteiger charge is 2.34. The van der Waals surface area contributed by atoms with Crippen molar-refractivity contribution in [1.29, 1.82) is 0 Å². The second kappa shape index (κ2) is 6.17. The summed E-state index contributed by atoms with van der Waals surface area (Å²) >= 11 is 1.50. The van der Waals surface area contributed by atoms with Crippen molar-refractivity contribution in [1.82, 2.24) is 9.80 Å².